The predicted molar refractivity (Wildman–Crippen MR) is 60.0 cm³/mol. The molecule has 1 aromatic heterocycles. The quantitative estimate of drug-likeness (QED) is 0.752. The van der Waals surface area contributed by atoms with Crippen LogP contribution in [0.3, 0.4) is 0 Å². The second-order valence-electron chi connectivity index (χ2n) is 2.75. The topological polar surface area (TPSA) is 44.0 Å². The van der Waals surface area contributed by atoms with E-state index in [0.29, 0.717) is 11.3 Å². The molecular weight excluding hydrogens is 214 g/mol. The number of thioether (sulfide) groups is 1. The molecule has 1 heterocycles. The van der Waals surface area contributed by atoms with Gasteiger partial charge in [-0.1, -0.05) is 6.07 Å². The Labute approximate surface area is 89.8 Å². The molecule has 2 rings (SSSR count). The van der Waals surface area contributed by atoms with Gasteiger partial charge in [0.2, 0.25) is 0 Å². The number of aromatic hydroxyl groups is 1. The van der Waals surface area contributed by atoms with Crippen LogP contribution in [0, 0.1) is 11.3 Å². The van der Waals surface area contributed by atoms with Crippen molar-refractivity contribution < 1.29 is 5.11 Å². The van der Waals surface area contributed by atoms with Gasteiger partial charge in [-0.15, -0.1) is 23.1 Å². The Morgan fingerprint density at radius 3 is 2.93 bits per heavy atom. The fraction of sp³-hybridized carbons (Fsp3) is 0.100. The molecule has 0 bridgehead atoms. The highest BCUT2D eigenvalue weighted by Crippen LogP contribution is 2.38. The molecule has 70 valence electrons. The highest BCUT2D eigenvalue weighted by Gasteiger charge is 2.10. The van der Waals surface area contributed by atoms with E-state index < -0.39 is 0 Å². The van der Waals surface area contributed by atoms with Gasteiger partial charge >= 0.3 is 0 Å². The predicted octanol–water partition coefficient (Wildman–Crippen LogP) is 3.20. The monoisotopic (exact) mass is 221 g/mol. The first-order chi connectivity index (χ1) is 6.77. The molecule has 0 fully saturated rings. The lowest BCUT2D eigenvalue weighted by atomic mass is 10.2. The van der Waals surface area contributed by atoms with Gasteiger partial charge in [-0.05, 0) is 12.3 Å². The number of hydrogen-bond acceptors (Lipinski definition) is 4. The van der Waals surface area contributed by atoms with Crippen LogP contribution in [-0.2, 0) is 0 Å². The highest BCUT2D eigenvalue weighted by molar-refractivity contribution is 7.98. The van der Waals surface area contributed by atoms with Crippen LogP contribution in [-0.4, -0.2) is 11.4 Å². The minimum Gasteiger partial charge on any atom is -0.505 e. The first-order valence-electron chi connectivity index (χ1n) is 3.95. The average molecular weight is 221 g/mol. The van der Waals surface area contributed by atoms with Crippen molar-refractivity contribution >= 4 is 33.2 Å². The Morgan fingerprint density at radius 2 is 2.29 bits per heavy atom. The van der Waals surface area contributed by atoms with E-state index in [-0.39, 0.29) is 0 Å². The van der Waals surface area contributed by atoms with Gasteiger partial charge in [0.25, 0.3) is 0 Å². The van der Waals surface area contributed by atoms with Gasteiger partial charge in [-0.25, -0.2) is 0 Å². The van der Waals surface area contributed by atoms with E-state index in [4.69, 9.17) is 5.26 Å². The van der Waals surface area contributed by atoms with E-state index in [1.54, 1.807) is 5.38 Å². The maximum Gasteiger partial charge on any atom is 0.146 e. The number of benzene rings is 1. The third-order valence-electron chi connectivity index (χ3n) is 2.02. The number of nitrogens with zero attached hydrogens (tertiary/aromatic N) is 1. The van der Waals surface area contributed by atoms with Crippen molar-refractivity contribution in [1.29, 1.82) is 5.26 Å². The Kier molecular flexibility index (Phi) is 2.36. The number of hydrogen-bond donors (Lipinski definition) is 1. The lowest BCUT2D eigenvalue weighted by Crippen LogP contribution is -1.74. The smallest absolute Gasteiger partial charge is 0.146 e. The molecule has 0 radical (unpaired) electrons. The van der Waals surface area contributed by atoms with Crippen LogP contribution >= 0.6 is 23.1 Å². The minimum atomic E-state index is 0.293. The molecule has 0 spiro atoms. The third kappa shape index (κ3) is 1.26. The zero-order valence-corrected chi connectivity index (χ0v) is 9.08. The van der Waals surface area contributed by atoms with E-state index in [1.165, 1.54) is 23.1 Å². The number of phenols is 1. The summed E-state index contributed by atoms with van der Waals surface area (Å²) in [5.41, 5.74) is 0.632. The van der Waals surface area contributed by atoms with Crippen molar-refractivity contribution in [3.8, 4) is 11.8 Å². The lowest BCUT2D eigenvalue weighted by molar-refractivity contribution is 0.470. The molecule has 0 aliphatic carbocycles. The third-order valence-corrected chi connectivity index (χ3v) is 3.79. The summed E-state index contributed by atoms with van der Waals surface area (Å²) >= 11 is 2.91. The van der Waals surface area contributed by atoms with Crippen molar-refractivity contribution in [1.82, 2.24) is 0 Å². The molecule has 4 heteroatoms. The van der Waals surface area contributed by atoms with Crippen LogP contribution in [0.5, 0.6) is 5.75 Å². The molecule has 1 N–H and O–H groups in total. The number of phenolic OH excluding ortho intramolecular Hbond substituents is 1. The largest absolute Gasteiger partial charge is 0.505 e. The first kappa shape index (κ1) is 9.38. The zero-order chi connectivity index (χ0) is 10.1. The lowest BCUT2D eigenvalue weighted by Gasteiger charge is -2.01. The Hall–Kier alpha value is -1.18. The van der Waals surface area contributed by atoms with Crippen molar-refractivity contribution in [2.24, 2.45) is 0 Å². The Balaban J connectivity index is 2.80. The fourth-order valence-corrected chi connectivity index (χ4v) is 2.82. The van der Waals surface area contributed by atoms with Gasteiger partial charge in [-0.3, -0.25) is 0 Å². The van der Waals surface area contributed by atoms with Gasteiger partial charge in [0.15, 0.2) is 0 Å². The molecule has 0 atom stereocenters. The molecule has 0 saturated carbocycles. The van der Waals surface area contributed by atoms with Gasteiger partial charge < -0.3 is 5.11 Å². The Morgan fingerprint density at radius 1 is 1.50 bits per heavy atom. The summed E-state index contributed by atoms with van der Waals surface area (Å²) in [7, 11) is 0. The van der Waals surface area contributed by atoms with E-state index >= 15 is 0 Å². The molecule has 2 aromatic rings. The fourth-order valence-electron chi connectivity index (χ4n) is 1.32. The summed E-state index contributed by atoms with van der Waals surface area (Å²) in [6.07, 6.45) is 1.92. The standard InChI is InChI=1S/C10H7NOS2/c1-13-8-3-2-7-6(4-11)5-14-10(7)9(8)12/h2-3,5,12H,1H3. The average Bonchev–Trinajstić information content (AvgIpc) is 2.62. The Bertz CT molecular complexity index is 525. The number of thiophene rings is 1. The summed E-state index contributed by atoms with van der Waals surface area (Å²) in [4.78, 5) is 0.851. The normalized spacial score (nSPS) is 10.3. The van der Waals surface area contributed by atoms with Crippen LogP contribution in [0.25, 0.3) is 10.1 Å². The molecule has 0 saturated heterocycles. The van der Waals surface area contributed by atoms with E-state index in [1.807, 2.05) is 18.4 Å². The van der Waals surface area contributed by atoms with Crippen molar-refractivity contribution in [2.75, 3.05) is 6.26 Å². The molecule has 0 amide bonds. The number of nitriles is 1. The molecule has 0 aliphatic rings. The maximum atomic E-state index is 9.84. The molecular formula is C10H7NOS2. The van der Waals surface area contributed by atoms with Gasteiger partial charge in [0.05, 0.1) is 15.2 Å². The molecule has 2 nitrogen and oxygen atoms in total. The van der Waals surface area contributed by atoms with E-state index in [2.05, 4.69) is 6.07 Å². The van der Waals surface area contributed by atoms with Crippen LogP contribution in [0.1, 0.15) is 5.56 Å². The summed E-state index contributed by atoms with van der Waals surface area (Å²) < 4.78 is 0.799. The van der Waals surface area contributed by atoms with Crippen LogP contribution in [0.4, 0.5) is 0 Å². The molecule has 0 unspecified atom stereocenters. The van der Waals surface area contributed by atoms with Crippen molar-refractivity contribution in [3.05, 3.63) is 23.1 Å². The maximum absolute atomic E-state index is 9.84. The van der Waals surface area contributed by atoms with Crippen LogP contribution in [0.2, 0.25) is 0 Å². The second kappa shape index (κ2) is 3.52. The van der Waals surface area contributed by atoms with Crippen molar-refractivity contribution in [2.45, 2.75) is 4.90 Å². The molecule has 1 aromatic carbocycles. The second-order valence-corrected chi connectivity index (χ2v) is 4.48. The van der Waals surface area contributed by atoms with Gasteiger partial charge in [-0.2, -0.15) is 5.26 Å². The summed E-state index contributed by atoms with van der Waals surface area (Å²) in [5, 5.41) is 21.3. The van der Waals surface area contributed by atoms with E-state index in [9.17, 15) is 5.11 Å². The van der Waals surface area contributed by atoms with Crippen LogP contribution in [0.15, 0.2) is 22.4 Å². The highest BCUT2D eigenvalue weighted by atomic mass is 32.2. The molecule has 14 heavy (non-hydrogen) atoms. The number of fused-ring (bicyclic) bond motifs is 1. The van der Waals surface area contributed by atoms with Crippen LogP contribution < -0.4 is 0 Å². The number of rotatable bonds is 1. The van der Waals surface area contributed by atoms with E-state index in [0.717, 1.165) is 15.0 Å². The summed E-state index contributed by atoms with van der Waals surface area (Å²) in [6.45, 7) is 0. The summed E-state index contributed by atoms with van der Waals surface area (Å²) in [6, 6.07) is 5.84. The SMILES string of the molecule is CSc1ccc2c(C#N)csc2c1O. The first-order valence-corrected chi connectivity index (χ1v) is 6.05. The molecule has 0 aliphatic heterocycles. The zero-order valence-electron chi connectivity index (χ0n) is 7.44. The van der Waals surface area contributed by atoms with Crippen molar-refractivity contribution in [3.63, 3.8) is 0 Å². The minimum absolute atomic E-state index is 0.293. The summed E-state index contributed by atoms with van der Waals surface area (Å²) in [5.74, 6) is 0.293. The van der Waals surface area contributed by atoms with Gasteiger partial charge in [0, 0.05) is 10.8 Å². The van der Waals surface area contributed by atoms with Gasteiger partial charge in [0.1, 0.15) is 11.8 Å².